The van der Waals surface area contributed by atoms with Gasteiger partial charge in [0.1, 0.15) is 0 Å². The van der Waals surface area contributed by atoms with Gasteiger partial charge in [0.05, 0.1) is 17.9 Å². The molecule has 0 spiro atoms. The summed E-state index contributed by atoms with van der Waals surface area (Å²) in [4.78, 5) is 12.4. The molecule has 0 bridgehead atoms. The lowest BCUT2D eigenvalue weighted by molar-refractivity contribution is -0.122. The number of amides is 1. The second-order valence-corrected chi connectivity index (χ2v) is 12.9. The molecular formula is C34H63NO5S. The zero-order valence-electron chi connectivity index (χ0n) is 26.4. The number of aliphatic hydroxyl groups excluding tert-OH is 1. The third-order valence-corrected chi connectivity index (χ3v) is 8.08. The van der Waals surface area contributed by atoms with Crippen LogP contribution < -0.4 is 5.32 Å². The van der Waals surface area contributed by atoms with Gasteiger partial charge < -0.3 is 10.4 Å². The van der Waals surface area contributed by atoms with Crippen LogP contribution in [0.4, 0.5) is 0 Å². The summed E-state index contributed by atoms with van der Waals surface area (Å²) in [6.45, 7) is 4.46. The van der Waals surface area contributed by atoms with E-state index in [4.69, 9.17) is 0 Å². The lowest BCUT2D eigenvalue weighted by Crippen LogP contribution is -2.46. The molecule has 0 aliphatic carbocycles. The third-order valence-electron chi connectivity index (χ3n) is 7.30. The van der Waals surface area contributed by atoms with E-state index >= 15 is 0 Å². The number of nitrogens with one attached hydrogen (secondary N) is 1. The van der Waals surface area contributed by atoms with E-state index in [1.54, 1.807) is 6.08 Å². The van der Waals surface area contributed by atoms with E-state index in [0.29, 0.717) is 6.42 Å². The van der Waals surface area contributed by atoms with E-state index in [9.17, 15) is 22.9 Å². The lowest BCUT2D eigenvalue weighted by Gasteiger charge is -2.21. The minimum atomic E-state index is -4.34. The predicted octanol–water partition coefficient (Wildman–Crippen LogP) is 9.01. The van der Waals surface area contributed by atoms with Gasteiger partial charge in [-0.05, 0) is 44.9 Å². The number of carbonyl (C=O) groups excluding carboxylic acids is 1. The molecule has 0 radical (unpaired) electrons. The summed E-state index contributed by atoms with van der Waals surface area (Å²) < 4.78 is 32.2. The Bertz CT molecular complexity index is 791. The SMILES string of the molecule is CCCCCCCC/C=C/CC/C=C/CC/C=C/C(O)C(CS(=O)(=O)O)NC(=O)CCCCCCCCCCCC. The highest BCUT2D eigenvalue weighted by Crippen LogP contribution is 2.12. The highest BCUT2D eigenvalue weighted by Gasteiger charge is 2.24. The molecule has 0 saturated heterocycles. The summed E-state index contributed by atoms with van der Waals surface area (Å²) in [5, 5.41) is 13.1. The maximum atomic E-state index is 12.4. The minimum absolute atomic E-state index is 0.286. The molecule has 0 saturated carbocycles. The molecule has 7 heteroatoms. The van der Waals surface area contributed by atoms with Gasteiger partial charge in [-0.15, -0.1) is 0 Å². The Hall–Kier alpha value is -1.44. The van der Waals surface area contributed by atoms with Crippen molar-refractivity contribution in [3.05, 3.63) is 36.5 Å². The van der Waals surface area contributed by atoms with E-state index in [0.717, 1.165) is 38.5 Å². The summed E-state index contributed by atoms with van der Waals surface area (Å²) in [5.74, 6) is -1.01. The molecule has 41 heavy (non-hydrogen) atoms. The second-order valence-electron chi connectivity index (χ2n) is 11.4. The van der Waals surface area contributed by atoms with Gasteiger partial charge in [-0.3, -0.25) is 9.35 Å². The van der Waals surface area contributed by atoms with Crippen molar-refractivity contribution >= 4 is 16.0 Å². The van der Waals surface area contributed by atoms with Gasteiger partial charge in [0, 0.05) is 6.42 Å². The number of hydrogen-bond acceptors (Lipinski definition) is 4. The van der Waals surface area contributed by atoms with Gasteiger partial charge in [0.15, 0.2) is 0 Å². The maximum absolute atomic E-state index is 12.4. The first kappa shape index (κ1) is 39.6. The van der Waals surface area contributed by atoms with Gasteiger partial charge >= 0.3 is 0 Å². The summed E-state index contributed by atoms with van der Waals surface area (Å²) in [5.41, 5.74) is 0. The van der Waals surface area contributed by atoms with Crippen LogP contribution in [0.2, 0.25) is 0 Å². The average Bonchev–Trinajstić information content (AvgIpc) is 2.92. The van der Waals surface area contributed by atoms with Gasteiger partial charge in [-0.25, -0.2) is 0 Å². The number of allylic oxidation sites excluding steroid dienone is 5. The van der Waals surface area contributed by atoms with Crippen molar-refractivity contribution in [3.63, 3.8) is 0 Å². The zero-order chi connectivity index (χ0) is 30.4. The molecule has 3 N–H and O–H groups in total. The Morgan fingerprint density at radius 2 is 1.05 bits per heavy atom. The summed E-state index contributed by atoms with van der Waals surface area (Å²) >= 11 is 0. The number of carbonyl (C=O) groups is 1. The van der Waals surface area contributed by atoms with Crippen LogP contribution in [0.15, 0.2) is 36.5 Å². The number of unbranched alkanes of at least 4 members (excludes halogenated alkanes) is 17. The normalized spacial score (nSPS) is 14.0. The molecule has 0 fully saturated rings. The molecule has 6 nitrogen and oxygen atoms in total. The van der Waals surface area contributed by atoms with Crippen molar-refractivity contribution in [2.45, 2.75) is 167 Å². The van der Waals surface area contributed by atoms with Crippen LogP contribution in [0.5, 0.6) is 0 Å². The maximum Gasteiger partial charge on any atom is 0.267 e. The molecule has 2 unspecified atom stereocenters. The molecule has 1 amide bonds. The second kappa shape index (κ2) is 28.7. The number of hydrogen-bond donors (Lipinski definition) is 3. The first-order valence-electron chi connectivity index (χ1n) is 16.7. The Balaban J connectivity index is 4.14. The van der Waals surface area contributed by atoms with Crippen LogP contribution in [0.3, 0.4) is 0 Å². The van der Waals surface area contributed by atoms with Gasteiger partial charge in [0.25, 0.3) is 10.1 Å². The molecule has 0 heterocycles. The highest BCUT2D eigenvalue weighted by atomic mass is 32.2. The Morgan fingerprint density at radius 1 is 0.634 bits per heavy atom. The van der Waals surface area contributed by atoms with Crippen molar-refractivity contribution in [1.29, 1.82) is 0 Å². The largest absolute Gasteiger partial charge is 0.387 e. The molecule has 0 aromatic heterocycles. The average molecular weight is 598 g/mol. The van der Waals surface area contributed by atoms with Crippen LogP contribution in [0.1, 0.15) is 155 Å². The summed E-state index contributed by atoms with van der Waals surface area (Å²) in [7, 11) is -4.34. The van der Waals surface area contributed by atoms with Crippen LogP contribution in [0.25, 0.3) is 0 Å². The van der Waals surface area contributed by atoms with Crippen LogP contribution in [-0.2, 0) is 14.9 Å². The van der Waals surface area contributed by atoms with Crippen molar-refractivity contribution in [2.75, 3.05) is 5.75 Å². The van der Waals surface area contributed by atoms with Crippen LogP contribution in [-0.4, -0.2) is 41.9 Å². The van der Waals surface area contributed by atoms with Crippen molar-refractivity contribution in [1.82, 2.24) is 5.32 Å². The van der Waals surface area contributed by atoms with Gasteiger partial charge in [-0.1, -0.05) is 140 Å². The fourth-order valence-electron chi connectivity index (χ4n) is 4.77. The molecule has 240 valence electrons. The first-order chi connectivity index (χ1) is 19.8. The van der Waals surface area contributed by atoms with E-state index in [1.165, 1.54) is 96.0 Å². The van der Waals surface area contributed by atoms with Crippen LogP contribution in [0, 0.1) is 0 Å². The van der Waals surface area contributed by atoms with E-state index in [2.05, 4.69) is 43.5 Å². The molecule has 0 aromatic carbocycles. The molecule has 0 aromatic rings. The standard InChI is InChI=1S/C34H63NO5S/c1-3-5-7-9-11-13-15-16-17-18-19-20-21-23-25-27-29-33(36)32(31-41(38,39)40)35-34(37)30-28-26-24-22-14-12-10-8-6-4-2/h16-17,20-21,27,29,32-33,36H,3-15,18-19,22-26,28,30-31H2,1-2H3,(H,35,37)(H,38,39,40)/b17-16+,21-20+,29-27+. The smallest absolute Gasteiger partial charge is 0.267 e. The van der Waals surface area contributed by atoms with Gasteiger partial charge in [-0.2, -0.15) is 8.42 Å². The monoisotopic (exact) mass is 597 g/mol. The minimum Gasteiger partial charge on any atom is -0.387 e. The van der Waals surface area contributed by atoms with E-state index in [1.807, 2.05) is 0 Å². The van der Waals surface area contributed by atoms with Crippen molar-refractivity contribution in [2.24, 2.45) is 0 Å². The highest BCUT2D eigenvalue weighted by molar-refractivity contribution is 7.85. The Labute approximate surface area is 253 Å². The van der Waals surface area contributed by atoms with Crippen molar-refractivity contribution < 1.29 is 22.9 Å². The topological polar surface area (TPSA) is 104 Å². The fraction of sp³-hybridized carbons (Fsp3) is 0.794. The van der Waals surface area contributed by atoms with Gasteiger partial charge in [0.2, 0.25) is 5.91 Å². The molecule has 0 rings (SSSR count). The van der Waals surface area contributed by atoms with Crippen LogP contribution >= 0.6 is 0 Å². The molecule has 0 aliphatic heterocycles. The zero-order valence-corrected chi connectivity index (χ0v) is 27.2. The summed E-state index contributed by atoms with van der Waals surface area (Å²) in [6.07, 6.45) is 35.6. The quantitative estimate of drug-likeness (QED) is 0.0453. The first-order valence-corrected chi connectivity index (χ1v) is 18.3. The number of rotatable bonds is 29. The molecule has 0 aliphatic rings. The lowest BCUT2D eigenvalue weighted by atomic mass is 10.1. The Kier molecular flexibility index (Phi) is 27.7. The third kappa shape index (κ3) is 29.8. The van der Waals surface area contributed by atoms with E-state index in [-0.39, 0.29) is 12.3 Å². The van der Waals surface area contributed by atoms with E-state index < -0.39 is 28.0 Å². The predicted molar refractivity (Wildman–Crippen MR) is 175 cm³/mol. The van der Waals surface area contributed by atoms with Crippen molar-refractivity contribution in [3.8, 4) is 0 Å². The summed E-state index contributed by atoms with van der Waals surface area (Å²) in [6, 6.07) is -1.07. The Morgan fingerprint density at radius 3 is 1.54 bits per heavy atom. The molecule has 2 atom stereocenters. The molecular weight excluding hydrogens is 534 g/mol. The number of aliphatic hydroxyl groups is 1. The fourth-order valence-corrected chi connectivity index (χ4v) is 5.51.